The average Bonchev–Trinajstić information content (AvgIpc) is 2.45. The molecule has 0 heterocycles. The van der Waals surface area contributed by atoms with Crippen molar-refractivity contribution in [3.63, 3.8) is 0 Å². The number of carbonyl (C=O) groups is 2. The number of ether oxygens (including phenoxy) is 1. The number of nitrogens with one attached hydrogen (secondary N) is 1. The molecule has 0 radical (unpaired) electrons. The first-order valence-electron chi connectivity index (χ1n) is 6.07. The van der Waals surface area contributed by atoms with Crippen molar-refractivity contribution in [1.29, 1.82) is 0 Å². The van der Waals surface area contributed by atoms with Crippen molar-refractivity contribution in [3.05, 3.63) is 0 Å². The molecule has 4 N–H and O–H groups in total. The summed E-state index contributed by atoms with van der Waals surface area (Å²) in [5.74, 6) is -0.163. The van der Waals surface area contributed by atoms with E-state index in [1.54, 1.807) is 13.2 Å². The summed E-state index contributed by atoms with van der Waals surface area (Å²) in [7, 11) is 0. The van der Waals surface area contributed by atoms with E-state index in [4.69, 9.17) is 15.7 Å². The predicted octanol–water partition coefficient (Wildman–Crippen LogP) is 0.965. The van der Waals surface area contributed by atoms with E-state index in [1.807, 2.05) is 0 Å². The van der Waals surface area contributed by atoms with Gasteiger partial charge in [0.15, 0.2) is 6.73 Å². The number of rotatable bonds is 8. The summed E-state index contributed by atoms with van der Waals surface area (Å²) in [6.07, 6.45) is 3.55. The van der Waals surface area contributed by atoms with E-state index in [-0.39, 0.29) is 12.0 Å². The van der Waals surface area contributed by atoms with Crippen molar-refractivity contribution in [2.75, 3.05) is 19.5 Å². The van der Waals surface area contributed by atoms with E-state index in [0.29, 0.717) is 25.2 Å². The van der Waals surface area contributed by atoms with E-state index < -0.39 is 12.0 Å². The molecule has 0 saturated heterocycles. The lowest BCUT2D eigenvalue weighted by Crippen LogP contribution is -2.31. The standard InChI is InChI=1S/C11H21N3O5S/c1-8(14-7-18-11(16)20-2)13-6-4-3-5-9(12)10(15)19-17/h9,17H,3-7,12H2,1-2H3,(H,13,14)/t9-/m0/s1. The van der Waals surface area contributed by atoms with E-state index in [0.717, 1.165) is 18.2 Å². The Balaban J connectivity index is 3.61. The Morgan fingerprint density at radius 1 is 1.45 bits per heavy atom. The fourth-order valence-electron chi connectivity index (χ4n) is 1.24. The molecule has 1 atom stereocenters. The van der Waals surface area contributed by atoms with Crippen LogP contribution in [0, 0.1) is 0 Å². The van der Waals surface area contributed by atoms with E-state index in [9.17, 15) is 9.59 Å². The molecule has 0 aromatic rings. The quantitative estimate of drug-likeness (QED) is 0.151. The molecule has 0 aromatic heterocycles. The van der Waals surface area contributed by atoms with E-state index >= 15 is 0 Å². The van der Waals surface area contributed by atoms with Gasteiger partial charge in [-0.1, -0.05) is 0 Å². The van der Waals surface area contributed by atoms with Gasteiger partial charge in [-0.25, -0.2) is 14.6 Å². The second kappa shape index (κ2) is 11.5. The third-order valence-electron chi connectivity index (χ3n) is 2.37. The molecule has 0 aromatic carbocycles. The monoisotopic (exact) mass is 307 g/mol. The third kappa shape index (κ3) is 9.59. The Hall–Kier alpha value is -1.32. The SMILES string of the molecule is CSC(=O)OCN=C(C)NCCCC[C@H](N)C(=O)OO. The fraction of sp³-hybridized carbons (Fsp3) is 0.727. The number of hydrogen-bond acceptors (Lipinski definition) is 8. The Morgan fingerprint density at radius 2 is 2.15 bits per heavy atom. The van der Waals surface area contributed by atoms with Gasteiger partial charge < -0.3 is 15.8 Å². The minimum atomic E-state index is -0.827. The molecule has 0 unspecified atom stereocenters. The summed E-state index contributed by atoms with van der Waals surface area (Å²) in [6, 6.07) is -0.805. The number of carbonyl (C=O) groups excluding carboxylic acids is 2. The Morgan fingerprint density at radius 3 is 2.75 bits per heavy atom. The lowest BCUT2D eigenvalue weighted by molar-refractivity contribution is -0.235. The molecule has 0 aliphatic rings. The second-order valence-corrected chi connectivity index (χ2v) is 4.65. The van der Waals surface area contributed by atoms with E-state index in [2.05, 4.69) is 15.2 Å². The molecule has 9 heteroatoms. The van der Waals surface area contributed by atoms with Crippen molar-refractivity contribution in [1.82, 2.24) is 5.32 Å². The highest BCUT2D eigenvalue weighted by molar-refractivity contribution is 8.12. The molecule has 20 heavy (non-hydrogen) atoms. The number of amidine groups is 1. The number of hydrogen-bond donors (Lipinski definition) is 3. The number of unbranched alkanes of at least 4 members (excludes halogenated alkanes) is 1. The fourth-order valence-corrected chi connectivity index (χ4v) is 1.41. The van der Waals surface area contributed by atoms with Gasteiger partial charge in [0.1, 0.15) is 6.04 Å². The van der Waals surface area contributed by atoms with Gasteiger partial charge in [0.2, 0.25) is 0 Å². The van der Waals surface area contributed by atoms with Crippen LogP contribution in [0.25, 0.3) is 0 Å². The molecule has 116 valence electrons. The van der Waals surface area contributed by atoms with Crippen molar-refractivity contribution in [2.24, 2.45) is 10.7 Å². The summed E-state index contributed by atoms with van der Waals surface area (Å²) in [6.45, 7) is 2.42. The van der Waals surface area contributed by atoms with Gasteiger partial charge in [-0.15, -0.1) is 0 Å². The van der Waals surface area contributed by atoms with Crippen molar-refractivity contribution < 1.29 is 24.5 Å². The summed E-state index contributed by atoms with van der Waals surface area (Å²) < 4.78 is 4.76. The van der Waals surface area contributed by atoms with Gasteiger partial charge in [-0.2, -0.15) is 5.26 Å². The molecule has 0 rings (SSSR count). The lowest BCUT2D eigenvalue weighted by Gasteiger charge is -2.08. The zero-order chi connectivity index (χ0) is 15.4. The van der Waals surface area contributed by atoms with Crippen LogP contribution in [0.4, 0.5) is 4.79 Å². The third-order valence-corrected chi connectivity index (χ3v) is 2.82. The van der Waals surface area contributed by atoms with Crippen molar-refractivity contribution in [3.8, 4) is 0 Å². The Bertz CT molecular complexity index is 338. The summed E-state index contributed by atoms with van der Waals surface area (Å²) in [5, 5.41) is 10.8. The molecule has 8 nitrogen and oxygen atoms in total. The largest absolute Gasteiger partial charge is 0.434 e. The summed E-state index contributed by atoms with van der Waals surface area (Å²) >= 11 is 0.990. The summed E-state index contributed by atoms with van der Waals surface area (Å²) in [4.78, 5) is 29.2. The highest BCUT2D eigenvalue weighted by atomic mass is 32.2. The van der Waals surface area contributed by atoms with Crippen LogP contribution in [0.2, 0.25) is 0 Å². The molecular formula is C11H21N3O5S. The number of nitrogens with zero attached hydrogens (tertiary/aromatic N) is 1. The second-order valence-electron chi connectivity index (χ2n) is 3.91. The zero-order valence-corrected chi connectivity index (χ0v) is 12.4. The maximum Gasteiger partial charge on any atom is 0.368 e. The molecule has 0 amide bonds. The maximum atomic E-state index is 10.8. The maximum absolute atomic E-state index is 10.8. The lowest BCUT2D eigenvalue weighted by atomic mass is 10.1. The van der Waals surface area contributed by atoms with Crippen LogP contribution in [0.15, 0.2) is 4.99 Å². The number of thioether (sulfide) groups is 1. The topological polar surface area (TPSA) is 123 Å². The molecule has 0 fully saturated rings. The highest BCUT2D eigenvalue weighted by Gasteiger charge is 2.13. The molecule has 0 aliphatic heterocycles. The van der Waals surface area contributed by atoms with Gasteiger partial charge in [0.25, 0.3) is 0 Å². The summed E-state index contributed by atoms with van der Waals surface area (Å²) in [5.41, 5.74) is 5.45. The average molecular weight is 307 g/mol. The van der Waals surface area contributed by atoms with Gasteiger partial charge in [-0.3, -0.25) is 4.89 Å². The van der Waals surface area contributed by atoms with Crippen LogP contribution in [0.5, 0.6) is 0 Å². The molecule has 0 bridgehead atoms. The Labute approximate surface area is 122 Å². The smallest absolute Gasteiger partial charge is 0.368 e. The minimum absolute atomic E-state index is 0.00821. The predicted molar refractivity (Wildman–Crippen MR) is 76.5 cm³/mol. The van der Waals surface area contributed by atoms with Crippen LogP contribution in [-0.4, -0.2) is 47.9 Å². The van der Waals surface area contributed by atoms with Crippen LogP contribution >= 0.6 is 11.8 Å². The van der Waals surface area contributed by atoms with Crippen LogP contribution < -0.4 is 11.1 Å². The van der Waals surface area contributed by atoms with Crippen molar-refractivity contribution in [2.45, 2.75) is 32.2 Å². The van der Waals surface area contributed by atoms with Gasteiger partial charge in [0, 0.05) is 6.54 Å². The van der Waals surface area contributed by atoms with Crippen LogP contribution in [-0.2, 0) is 14.4 Å². The van der Waals surface area contributed by atoms with Crippen LogP contribution in [0.1, 0.15) is 26.2 Å². The molecule has 0 aliphatic carbocycles. The normalized spacial score (nSPS) is 12.7. The first-order valence-corrected chi connectivity index (χ1v) is 7.30. The number of aliphatic imine (C=N–C) groups is 1. The van der Waals surface area contributed by atoms with Gasteiger partial charge >= 0.3 is 11.3 Å². The van der Waals surface area contributed by atoms with Crippen LogP contribution in [0.3, 0.4) is 0 Å². The molecular weight excluding hydrogens is 286 g/mol. The van der Waals surface area contributed by atoms with Gasteiger partial charge in [-0.05, 0) is 44.2 Å². The minimum Gasteiger partial charge on any atom is -0.434 e. The zero-order valence-electron chi connectivity index (χ0n) is 11.6. The van der Waals surface area contributed by atoms with Crippen molar-refractivity contribution >= 4 is 28.9 Å². The highest BCUT2D eigenvalue weighted by Crippen LogP contribution is 2.00. The molecule has 0 saturated carbocycles. The number of nitrogens with two attached hydrogens (primary N) is 1. The van der Waals surface area contributed by atoms with E-state index in [1.165, 1.54) is 0 Å². The Kier molecular flexibility index (Phi) is 10.7. The molecule has 0 spiro atoms. The first kappa shape index (κ1) is 18.7. The van der Waals surface area contributed by atoms with Gasteiger partial charge in [0.05, 0.1) is 5.84 Å². The first-order chi connectivity index (χ1) is 9.51.